The number of carboxylic acid groups (broad SMARTS) is 1. The number of hydrogen-bond donors (Lipinski definition) is 3. The molecule has 92 valence electrons. The fourth-order valence-electron chi connectivity index (χ4n) is 1.57. The Hall–Kier alpha value is -2.63. The molecule has 6 heteroatoms. The predicted octanol–water partition coefficient (Wildman–Crippen LogP) is 0.342. The van der Waals surface area contributed by atoms with Gasteiger partial charge in [0.1, 0.15) is 12.2 Å². The average Bonchev–Trinajstić information content (AvgIpc) is 2.36. The number of amides is 1. The van der Waals surface area contributed by atoms with Gasteiger partial charge in [0.05, 0.1) is 0 Å². The summed E-state index contributed by atoms with van der Waals surface area (Å²) in [4.78, 5) is 36.4. The van der Waals surface area contributed by atoms with Gasteiger partial charge in [0.15, 0.2) is 5.43 Å². The lowest BCUT2D eigenvalue weighted by Gasteiger charge is -2.04. The monoisotopic (exact) mass is 246 g/mol. The van der Waals surface area contributed by atoms with Gasteiger partial charge in [-0.25, -0.2) is 0 Å². The van der Waals surface area contributed by atoms with Gasteiger partial charge in [-0.1, -0.05) is 12.1 Å². The fraction of sp³-hybridized carbons (Fsp3) is 0.0833. The summed E-state index contributed by atoms with van der Waals surface area (Å²) in [5.74, 6) is -1.77. The van der Waals surface area contributed by atoms with Crippen LogP contribution >= 0.6 is 0 Å². The van der Waals surface area contributed by atoms with E-state index < -0.39 is 18.4 Å². The van der Waals surface area contributed by atoms with Crippen molar-refractivity contribution in [2.24, 2.45) is 0 Å². The maximum Gasteiger partial charge on any atom is 0.322 e. The molecule has 0 unspecified atom stereocenters. The second-order valence-electron chi connectivity index (χ2n) is 3.67. The Kier molecular flexibility index (Phi) is 3.09. The third-order valence-electron chi connectivity index (χ3n) is 2.38. The lowest BCUT2D eigenvalue weighted by atomic mass is 10.2. The molecule has 0 radical (unpaired) electrons. The van der Waals surface area contributed by atoms with Crippen molar-refractivity contribution in [2.75, 3.05) is 6.54 Å². The molecule has 1 aromatic carbocycles. The van der Waals surface area contributed by atoms with Crippen molar-refractivity contribution < 1.29 is 14.7 Å². The minimum Gasteiger partial charge on any atom is -0.480 e. The molecule has 0 saturated heterocycles. The maximum atomic E-state index is 11.7. The molecule has 0 aliphatic heterocycles. The molecule has 0 fully saturated rings. The van der Waals surface area contributed by atoms with Crippen molar-refractivity contribution in [3.8, 4) is 0 Å². The summed E-state index contributed by atoms with van der Waals surface area (Å²) >= 11 is 0. The summed E-state index contributed by atoms with van der Waals surface area (Å²) < 4.78 is 0. The number of carbonyl (C=O) groups is 2. The average molecular weight is 246 g/mol. The van der Waals surface area contributed by atoms with E-state index in [9.17, 15) is 14.4 Å². The number of rotatable bonds is 3. The second-order valence-corrected chi connectivity index (χ2v) is 3.67. The summed E-state index contributed by atoms with van der Waals surface area (Å²) in [6, 6.07) is 7.93. The number of carbonyl (C=O) groups excluding carboxylic acids is 1. The Labute approximate surface area is 101 Å². The minimum absolute atomic E-state index is 0.0416. The first-order valence-electron chi connectivity index (χ1n) is 5.20. The van der Waals surface area contributed by atoms with Gasteiger partial charge >= 0.3 is 5.97 Å². The Balaban J connectivity index is 2.37. The van der Waals surface area contributed by atoms with Crippen LogP contribution in [0.15, 0.2) is 35.1 Å². The van der Waals surface area contributed by atoms with Crippen LogP contribution in [0.1, 0.15) is 10.5 Å². The van der Waals surface area contributed by atoms with Gasteiger partial charge in [-0.05, 0) is 12.1 Å². The molecule has 0 bridgehead atoms. The van der Waals surface area contributed by atoms with Crippen LogP contribution in [-0.2, 0) is 4.79 Å². The molecule has 0 saturated carbocycles. The zero-order valence-electron chi connectivity index (χ0n) is 9.27. The second kappa shape index (κ2) is 4.70. The Morgan fingerprint density at radius 2 is 2.00 bits per heavy atom. The smallest absolute Gasteiger partial charge is 0.322 e. The van der Waals surface area contributed by atoms with Gasteiger partial charge < -0.3 is 15.4 Å². The molecular formula is C12H10N2O4. The van der Waals surface area contributed by atoms with Crippen LogP contribution in [0.4, 0.5) is 0 Å². The van der Waals surface area contributed by atoms with E-state index in [1.54, 1.807) is 24.3 Å². The van der Waals surface area contributed by atoms with Gasteiger partial charge in [-0.15, -0.1) is 0 Å². The van der Waals surface area contributed by atoms with Crippen LogP contribution in [0.25, 0.3) is 10.9 Å². The quantitative estimate of drug-likeness (QED) is 0.727. The third kappa shape index (κ3) is 2.37. The first-order chi connectivity index (χ1) is 8.58. The SMILES string of the molecule is O=C(O)CNC(=O)c1cc(=O)c2ccccc2[nH]1. The van der Waals surface area contributed by atoms with Crippen molar-refractivity contribution >= 4 is 22.8 Å². The van der Waals surface area contributed by atoms with E-state index in [1.807, 2.05) is 0 Å². The molecule has 1 amide bonds. The van der Waals surface area contributed by atoms with Gasteiger partial charge in [-0.2, -0.15) is 0 Å². The number of fused-ring (bicyclic) bond motifs is 1. The zero-order chi connectivity index (χ0) is 13.1. The summed E-state index contributed by atoms with van der Waals surface area (Å²) in [6.07, 6.45) is 0. The van der Waals surface area contributed by atoms with Crippen LogP contribution in [-0.4, -0.2) is 28.5 Å². The van der Waals surface area contributed by atoms with Gasteiger partial charge in [0.25, 0.3) is 5.91 Å². The van der Waals surface area contributed by atoms with Crippen molar-refractivity contribution in [1.82, 2.24) is 10.3 Å². The molecule has 6 nitrogen and oxygen atoms in total. The summed E-state index contributed by atoms with van der Waals surface area (Å²) in [5.41, 5.74) is 0.287. The molecule has 1 heterocycles. The number of pyridine rings is 1. The molecule has 2 rings (SSSR count). The number of hydrogen-bond acceptors (Lipinski definition) is 3. The first-order valence-corrected chi connectivity index (χ1v) is 5.20. The standard InChI is InChI=1S/C12H10N2O4/c15-10-5-9(12(18)13-6-11(16)17)14-8-4-2-1-3-7(8)10/h1-5H,6H2,(H,13,18)(H,14,15)(H,16,17). The highest BCUT2D eigenvalue weighted by atomic mass is 16.4. The zero-order valence-corrected chi connectivity index (χ0v) is 9.27. The predicted molar refractivity (Wildman–Crippen MR) is 64.5 cm³/mol. The minimum atomic E-state index is -1.15. The lowest BCUT2D eigenvalue weighted by Crippen LogP contribution is -2.30. The number of nitrogens with one attached hydrogen (secondary N) is 2. The highest BCUT2D eigenvalue weighted by Crippen LogP contribution is 2.06. The van der Waals surface area contributed by atoms with Crippen molar-refractivity contribution in [3.63, 3.8) is 0 Å². The van der Waals surface area contributed by atoms with Gasteiger partial charge in [0.2, 0.25) is 0 Å². The van der Waals surface area contributed by atoms with Crippen LogP contribution in [0.5, 0.6) is 0 Å². The molecule has 3 N–H and O–H groups in total. The highest BCUT2D eigenvalue weighted by Gasteiger charge is 2.10. The van der Waals surface area contributed by atoms with Crippen LogP contribution in [0.2, 0.25) is 0 Å². The number of carboxylic acids is 1. The molecule has 2 aromatic rings. The fourth-order valence-corrected chi connectivity index (χ4v) is 1.57. The van der Waals surface area contributed by atoms with E-state index in [4.69, 9.17) is 5.11 Å². The molecule has 0 aliphatic rings. The lowest BCUT2D eigenvalue weighted by molar-refractivity contribution is -0.135. The van der Waals surface area contributed by atoms with Crippen LogP contribution in [0.3, 0.4) is 0 Å². The number of para-hydroxylation sites is 1. The highest BCUT2D eigenvalue weighted by molar-refractivity contribution is 5.96. The number of aromatic nitrogens is 1. The summed E-state index contributed by atoms with van der Waals surface area (Å²) in [6.45, 7) is -0.492. The van der Waals surface area contributed by atoms with Crippen LogP contribution in [0, 0.1) is 0 Å². The van der Waals surface area contributed by atoms with E-state index in [0.29, 0.717) is 10.9 Å². The van der Waals surface area contributed by atoms with Gasteiger partial charge in [0, 0.05) is 17.0 Å². The van der Waals surface area contributed by atoms with E-state index in [2.05, 4.69) is 10.3 Å². The van der Waals surface area contributed by atoms with E-state index in [0.717, 1.165) is 6.07 Å². The molecule has 1 aromatic heterocycles. The Bertz CT molecular complexity index is 675. The van der Waals surface area contributed by atoms with Crippen molar-refractivity contribution in [3.05, 3.63) is 46.2 Å². The maximum absolute atomic E-state index is 11.7. The van der Waals surface area contributed by atoms with Crippen molar-refractivity contribution in [2.45, 2.75) is 0 Å². The molecule has 0 atom stereocenters. The van der Waals surface area contributed by atoms with E-state index in [-0.39, 0.29) is 11.1 Å². The normalized spacial score (nSPS) is 10.2. The van der Waals surface area contributed by atoms with Gasteiger partial charge in [-0.3, -0.25) is 14.4 Å². The van der Waals surface area contributed by atoms with E-state index >= 15 is 0 Å². The topological polar surface area (TPSA) is 99.3 Å². The largest absolute Gasteiger partial charge is 0.480 e. The third-order valence-corrected chi connectivity index (χ3v) is 2.38. The molecule has 0 aliphatic carbocycles. The van der Waals surface area contributed by atoms with Crippen LogP contribution < -0.4 is 10.7 Å². The van der Waals surface area contributed by atoms with Crippen molar-refractivity contribution in [1.29, 1.82) is 0 Å². The molecule has 0 spiro atoms. The number of H-pyrrole nitrogens is 1. The summed E-state index contributed by atoms with van der Waals surface area (Å²) in [7, 11) is 0. The first kappa shape index (κ1) is 11.8. The Morgan fingerprint density at radius 1 is 1.28 bits per heavy atom. The number of aliphatic carboxylic acids is 1. The Morgan fingerprint density at radius 3 is 2.72 bits per heavy atom. The number of benzene rings is 1. The summed E-state index contributed by atoms with van der Waals surface area (Å²) in [5, 5.41) is 11.1. The number of aromatic amines is 1. The van der Waals surface area contributed by atoms with E-state index in [1.165, 1.54) is 0 Å². The molecule has 18 heavy (non-hydrogen) atoms. The molecular weight excluding hydrogens is 236 g/mol.